The fraction of sp³-hybridized carbons (Fsp3) is 0.333. The highest BCUT2D eigenvalue weighted by Crippen LogP contribution is 2.28. The molecule has 134 valence electrons. The third-order valence-corrected chi connectivity index (χ3v) is 5.37. The van der Waals surface area contributed by atoms with Crippen molar-refractivity contribution in [2.24, 2.45) is 0 Å². The maximum Gasteiger partial charge on any atom is 0.255 e. The van der Waals surface area contributed by atoms with E-state index in [-0.39, 0.29) is 11.5 Å². The maximum atomic E-state index is 12.6. The number of rotatable bonds is 3. The summed E-state index contributed by atoms with van der Waals surface area (Å²) < 4.78 is 0. The van der Waals surface area contributed by atoms with Gasteiger partial charge in [-0.1, -0.05) is 6.92 Å². The highest BCUT2D eigenvalue weighted by Gasteiger charge is 2.24. The van der Waals surface area contributed by atoms with E-state index in [4.69, 9.17) is 4.98 Å². The largest absolute Gasteiger partial charge is 0.352 e. The van der Waals surface area contributed by atoms with Crippen LogP contribution in [0.4, 0.5) is 5.82 Å². The smallest absolute Gasteiger partial charge is 0.255 e. The zero-order valence-electron chi connectivity index (χ0n) is 14.4. The zero-order valence-corrected chi connectivity index (χ0v) is 15.3. The van der Waals surface area contributed by atoms with Crippen LogP contribution in [0.1, 0.15) is 23.1 Å². The van der Waals surface area contributed by atoms with Crippen LogP contribution in [-0.4, -0.2) is 51.9 Å². The number of H-pyrrole nitrogens is 1. The number of aromatic nitrogens is 3. The molecular weight excluding hydrogens is 350 g/mol. The first-order valence-corrected chi connectivity index (χ1v) is 9.50. The number of thiophene rings is 1. The molecule has 1 aliphatic heterocycles. The molecule has 3 aromatic rings. The number of hydrogen-bond acceptors (Lipinski definition) is 6. The van der Waals surface area contributed by atoms with Crippen LogP contribution in [0.2, 0.25) is 0 Å². The van der Waals surface area contributed by atoms with Crippen LogP contribution < -0.4 is 10.5 Å². The second-order valence-corrected chi connectivity index (χ2v) is 7.07. The van der Waals surface area contributed by atoms with E-state index in [0.29, 0.717) is 18.7 Å². The summed E-state index contributed by atoms with van der Waals surface area (Å²) >= 11 is 1.63. The molecule has 4 heterocycles. The van der Waals surface area contributed by atoms with Crippen LogP contribution in [0.15, 0.2) is 34.6 Å². The Balaban J connectivity index is 1.52. The number of nitrogens with zero attached hydrogens (tertiary/aromatic N) is 4. The molecule has 26 heavy (non-hydrogen) atoms. The Labute approximate surface area is 154 Å². The van der Waals surface area contributed by atoms with Gasteiger partial charge in [0, 0.05) is 44.9 Å². The van der Waals surface area contributed by atoms with Gasteiger partial charge in [-0.05, 0) is 17.5 Å². The number of fused-ring (bicyclic) bond motifs is 1. The monoisotopic (exact) mass is 369 g/mol. The molecular formula is C18H19N5O2S. The topological polar surface area (TPSA) is 82.2 Å². The van der Waals surface area contributed by atoms with Gasteiger partial charge in [0.1, 0.15) is 16.5 Å². The van der Waals surface area contributed by atoms with Gasteiger partial charge in [0.2, 0.25) is 5.56 Å². The third kappa shape index (κ3) is 3.08. The van der Waals surface area contributed by atoms with Crippen molar-refractivity contribution in [3.63, 3.8) is 0 Å². The number of piperazine rings is 1. The van der Waals surface area contributed by atoms with Gasteiger partial charge in [-0.3, -0.25) is 9.59 Å². The van der Waals surface area contributed by atoms with Crippen LogP contribution in [-0.2, 0) is 6.42 Å². The number of anilines is 1. The van der Waals surface area contributed by atoms with Crippen molar-refractivity contribution in [3.05, 3.63) is 51.5 Å². The lowest BCUT2D eigenvalue weighted by Crippen LogP contribution is -2.49. The normalized spacial score (nSPS) is 14.8. The van der Waals surface area contributed by atoms with E-state index in [1.165, 1.54) is 12.3 Å². The molecule has 0 bridgehead atoms. The molecule has 0 atom stereocenters. The second-order valence-electron chi connectivity index (χ2n) is 6.18. The Morgan fingerprint density at radius 1 is 1.19 bits per heavy atom. The van der Waals surface area contributed by atoms with E-state index in [2.05, 4.69) is 27.9 Å². The number of hydrogen-bond donors (Lipinski definition) is 1. The van der Waals surface area contributed by atoms with Crippen molar-refractivity contribution < 1.29 is 4.79 Å². The van der Waals surface area contributed by atoms with Gasteiger partial charge in [-0.2, -0.15) is 0 Å². The van der Waals surface area contributed by atoms with E-state index in [0.717, 1.165) is 41.4 Å². The van der Waals surface area contributed by atoms with Gasteiger partial charge in [0.05, 0.1) is 10.9 Å². The number of aryl methyl sites for hydroxylation is 1. The molecule has 1 fully saturated rings. The van der Waals surface area contributed by atoms with Crippen molar-refractivity contribution in [3.8, 4) is 0 Å². The maximum absolute atomic E-state index is 12.6. The number of carbonyl (C=O) groups excluding carboxylic acids is 1. The SMILES string of the molecule is CCc1nc(N2CCN(C(=O)c3ccc(=O)[nH]c3)CC2)c2ccsc2n1. The molecule has 1 N–H and O–H groups in total. The molecule has 0 aromatic carbocycles. The summed E-state index contributed by atoms with van der Waals surface area (Å²) in [5.41, 5.74) is 0.301. The van der Waals surface area contributed by atoms with Gasteiger partial charge in [-0.25, -0.2) is 9.97 Å². The number of pyridine rings is 1. The van der Waals surface area contributed by atoms with Crippen LogP contribution in [0.3, 0.4) is 0 Å². The zero-order chi connectivity index (χ0) is 18.1. The highest BCUT2D eigenvalue weighted by atomic mass is 32.1. The lowest BCUT2D eigenvalue weighted by Gasteiger charge is -2.35. The lowest BCUT2D eigenvalue weighted by molar-refractivity contribution is 0.0746. The minimum atomic E-state index is -0.207. The molecule has 1 amide bonds. The van der Waals surface area contributed by atoms with Gasteiger partial charge >= 0.3 is 0 Å². The summed E-state index contributed by atoms with van der Waals surface area (Å²) in [6.45, 7) is 4.74. The standard InChI is InChI=1S/C18H19N5O2S/c1-2-14-20-16(13-5-10-26-17(13)21-14)22-6-8-23(9-7-22)18(25)12-3-4-15(24)19-11-12/h3-5,10-11H,2,6-9H2,1H3,(H,19,24). The molecule has 1 aliphatic rings. The third-order valence-electron chi connectivity index (χ3n) is 4.57. The Morgan fingerprint density at radius 3 is 2.69 bits per heavy atom. The van der Waals surface area contributed by atoms with E-state index < -0.39 is 0 Å². The summed E-state index contributed by atoms with van der Waals surface area (Å²) in [5, 5.41) is 3.12. The first kappa shape index (κ1) is 16.7. The average molecular weight is 369 g/mol. The van der Waals surface area contributed by atoms with E-state index >= 15 is 0 Å². The van der Waals surface area contributed by atoms with Crippen LogP contribution in [0, 0.1) is 0 Å². The quantitative estimate of drug-likeness (QED) is 0.763. The van der Waals surface area contributed by atoms with E-state index in [9.17, 15) is 9.59 Å². The Kier molecular flexibility index (Phi) is 4.42. The Bertz CT molecular complexity index is 984. The highest BCUT2D eigenvalue weighted by molar-refractivity contribution is 7.16. The minimum Gasteiger partial charge on any atom is -0.352 e. The van der Waals surface area contributed by atoms with E-state index in [1.807, 2.05) is 10.3 Å². The predicted molar refractivity (Wildman–Crippen MR) is 102 cm³/mol. The molecule has 0 aliphatic carbocycles. The number of aromatic amines is 1. The molecule has 3 aromatic heterocycles. The number of nitrogens with one attached hydrogen (secondary N) is 1. The summed E-state index contributed by atoms with van der Waals surface area (Å²) in [6, 6.07) is 5.01. The summed E-state index contributed by atoms with van der Waals surface area (Å²) in [6.07, 6.45) is 2.27. The van der Waals surface area contributed by atoms with Gasteiger partial charge in [-0.15, -0.1) is 11.3 Å². The van der Waals surface area contributed by atoms with Crippen LogP contribution >= 0.6 is 11.3 Å². The van der Waals surface area contributed by atoms with E-state index in [1.54, 1.807) is 17.4 Å². The van der Waals surface area contributed by atoms with Crippen molar-refractivity contribution in [1.29, 1.82) is 0 Å². The first-order valence-electron chi connectivity index (χ1n) is 8.63. The fourth-order valence-electron chi connectivity index (χ4n) is 3.13. The molecule has 0 radical (unpaired) electrons. The van der Waals surface area contributed by atoms with Crippen LogP contribution in [0.5, 0.6) is 0 Å². The second kappa shape index (κ2) is 6.87. The van der Waals surface area contributed by atoms with Gasteiger partial charge in [0.15, 0.2) is 0 Å². The molecule has 0 saturated carbocycles. The van der Waals surface area contributed by atoms with Crippen molar-refractivity contribution in [1.82, 2.24) is 19.9 Å². The summed E-state index contributed by atoms with van der Waals surface area (Å²) in [4.78, 5) is 40.7. The van der Waals surface area contributed by atoms with Crippen LogP contribution in [0.25, 0.3) is 10.2 Å². The summed E-state index contributed by atoms with van der Waals surface area (Å²) in [5.74, 6) is 1.75. The van der Waals surface area contributed by atoms with Crippen molar-refractivity contribution in [2.45, 2.75) is 13.3 Å². The molecule has 0 unspecified atom stereocenters. The average Bonchev–Trinajstić information content (AvgIpc) is 3.16. The minimum absolute atomic E-state index is 0.0569. The predicted octanol–water partition coefficient (Wildman–Crippen LogP) is 1.90. The van der Waals surface area contributed by atoms with Gasteiger partial charge in [0.25, 0.3) is 5.91 Å². The first-order chi connectivity index (χ1) is 12.7. The lowest BCUT2D eigenvalue weighted by atomic mass is 10.2. The molecule has 0 spiro atoms. The summed E-state index contributed by atoms with van der Waals surface area (Å²) in [7, 11) is 0. The molecule has 8 heteroatoms. The molecule has 4 rings (SSSR count). The molecule has 1 saturated heterocycles. The Hall–Kier alpha value is -2.74. The van der Waals surface area contributed by atoms with Crippen molar-refractivity contribution in [2.75, 3.05) is 31.1 Å². The number of amides is 1. The van der Waals surface area contributed by atoms with Gasteiger partial charge < -0.3 is 14.8 Å². The number of carbonyl (C=O) groups is 1. The molecule has 7 nitrogen and oxygen atoms in total. The fourth-order valence-corrected chi connectivity index (χ4v) is 3.91. The Morgan fingerprint density at radius 2 is 2.00 bits per heavy atom. The van der Waals surface area contributed by atoms with Crippen molar-refractivity contribution >= 4 is 33.3 Å².